The lowest BCUT2D eigenvalue weighted by atomic mass is 10.1. The molecular formula is C12H16BrN. The SMILES string of the molecule is Cc1ccc(CNCC2CC2)cc1Br. The van der Waals surface area contributed by atoms with Gasteiger partial charge in [-0.25, -0.2) is 0 Å². The fourth-order valence-electron chi connectivity index (χ4n) is 1.49. The Labute approximate surface area is 94.0 Å². The standard InChI is InChI=1S/C12H16BrN/c1-9-2-3-11(6-12(9)13)8-14-7-10-4-5-10/h2-3,6,10,14H,4-5,7-8H2,1H3. The average molecular weight is 254 g/mol. The molecular weight excluding hydrogens is 238 g/mol. The molecule has 2 heteroatoms. The topological polar surface area (TPSA) is 12.0 Å². The molecule has 0 spiro atoms. The summed E-state index contributed by atoms with van der Waals surface area (Å²) in [5.41, 5.74) is 2.67. The van der Waals surface area contributed by atoms with Crippen molar-refractivity contribution < 1.29 is 0 Å². The van der Waals surface area contributed by atoms with Crippen LogP contribution in [0.15, 0.2) is 22.7 Å². The molecule has 0 aromatic heterocycles. The number of halogens is 1. The summed E-state index contributed by atoms with van der Waals surface area (Å²) in [4.78, 5) is 0. The van der Waals surface area contributed by atoms with E-state index in [4.69, 9.17) is 0 Å². The van der Waals surface area contributed by atoms with E-state index >= 15 is 0 Å². The molecule has 1 N–H and O–H groups in total. The van der Waals surface area contributed by atoms with Crippen molar-refractivity contribution in [2.75, 3.05) is 6.54 Å². The van der Waals surface area contributed by atoms with Gasteiger partial charge in [0.1, 0.15) is 0 Å². The van der Waals surface area contributed by atoms with E-state index in [1.807, 2.05) is 0 Å². The summed E-state index contributed by atoms with van der Waals surface area (Å²) in [6.07, 6.45) is 2.84. The van der Waals surface area contributed by atoms with Gasteiger partial charge in [0.15, 0.2) is 0 Å². The number of nitrogens with one attached hydrogen (secondary N) is 1. The van der Waals surface area contributed by atoms with Crippen LogP contribution in [0.1, 0.15) is 24.0 Å². The zero-order chi connectivity index (χ0) is 9.97. The zero-order valence-electron chi connectivity index (χ0n) is 8.52. The third-order valence-electron chi connectivity index (χ3n) is 2.70. The van der Waals surface area contributed by atoms with Crippen LogP contribution in [0, 0.1) is 12.8 Å². The molecule has 1 aliphatic rings. The van der Waals surface area contributed by atoms with Gasteiger partial charge in [-0.2, -0.15) is 0 Å². The Balaban J connectivity index is 1.85. The molecule has 1 nitrogen and oxygen atoms in total. The van der Waals surface area contributed by atoms with Crippen molar-refractivity contribution in [3.63, 3.8) is 0 Å². The molecule has 0 atom stereocenters. The van der Waals surface area contributed by atoms with Crippen LogP contribution in [0.3, 0.4) is 0 Å². The van der Waals surface area contributed by atoms with Crippen LogP contribution in [-0.4, -0.2) is 6.54 Å². The van der Waals surface area contributed by atoms with E-state index in [9.17, 15) is 0 Å². The lowest BCUT2D eigenvalue weighted by molar-refractivity contribution is 0.638. The van der Waals surface area contributed by atoms with Crippen molar-refractivity contribution >= 4 is 15.9 Å². The number of hydrogen-bond donors (Lipinski definition) is 1. The van der Waals surface area contributed by atoms with Crippen LogP contribution in [-0.2, 0) is 6.54 Å². The highest BCUT2D eigenvalue weighted by atomic mass is 79.9. The molecule has 0 radical (unpaired) electrons. The van der Waals surface area contributed by atoms with Crippen LogP contribution in [0.5, 0.6) is 0 Å². The predicted octanol–water partition coefficient (Wildman–Crippen LogP) is 3.26. The summed E-state index contributed by atoms with van der Waals surface area (Å²) in [5, 5.41) is 3.49. The minimum absolute atomic E-state index is 0.962. The number of benzene rings is 1. The monoisotopic (exact) mass is 253 g/mol. The molecule has 0 heterocycles. The van der Waals surface area contributed by atoms with E-state index in [1.54, 1.807) is 0 Å². The second kappa shape index (κ2) is 4.45. The summed E-state index contributed by atoms with van der Waals surface area (Å²) >= 11 is 3.55. The fourth-order valence-corrected chi connectivity index (χ4v) is 1.92. The highest BCUT2D eigenvalue weighted by Crippen LogP contribution is 2.27. The maximum atomic E-state index is 3.55. The van der Waals surface area contributed by atoms with Gasteiger partial charge in [0.05, 0.1) is 0 Å². The number of rotatable bonds is 4. The molecule has 0 saturated heterocycles. The van der Waals surface area contributed by atoms with Crippen molar-refractivity contribution in [3.05, 3.63) is 33.8 Å². The molecule has 0 unspecified atom stereocenters. The minimum Gasteiger partial charge on any atom is -0.312 e. The number of aryl methyl sites for hydroxylation is 1. The van der Waals surface area contributed by atoms with E-state index < -0.39 is 0 Å². The first kappa shape index (κ1) is 10.2. The molecule has 76 valence electrons. The minimum atomic E-state index is 0.962. The molecule has 2 rings (SSSR count). The summed E-state index contributed by atoms with van der Waals surface area (Å²) in [6, 6.07) is 6.56. The molecule has 1 aliphatic carbocycles. The fraction of sp³-hybridized carbons (Fsp3) is 0.500. The highest BCUT2D eigenvalue weighted by Gasteiger charge is 2.19. The molecule has 1 aromatic rings. The Morgan fingerprint density at radius 2 is 2.21 bits per heavy atom. The highest BCUT2D eigenvalue weighted by molar-refractivity contribution is 9.10. The van der Waals surface area contributed by atoms with Crippen molar-refractivity contribution in [1.29, 1.82) is 0 Å². The van der Waals surface area contributed by atoms with Crippen LogP contribution in [0.4, 0.5) is 0 Å². The predicted molar refractivity (Wildman–Crippen MR) is 63.3 cm³/mol. The molecule has 1 saturated carbocycles. The van der Waals surface area contributed by atoms with Crippen LogP contribution in [0.2, 0.25) is 0 Å². The Hall–Kier alpha value is -0.340. The van der Waals surface area contributed by atoms with E-state index in [-0.39, 0.29) is 0 Å². The Bertz CT molecular complexity index is 318. The zero-order valence-corrected chi connectivity index (χ0v) is 10.1. The van der Waals surface area contributed by atoms with Crippen molar-refractivity contribution in [2.24, 2.45) is 5.92 Å². The van der Waals surface area contributed by atoms with Crippen molar-refractivity contribution in [2.45, 2.75) is 26.3 Å². The lowest BCUT2D eigenvalue weighted by Gasteiger charge is -2.05. The average Bonchev–Trinajstić information content (AvgIpc) is 2.95. The first-order chi connectivity index (χ1) is 6.75. The maximum Gasteiger partial charge on any atom is 0.0207 e. The first-order valence-corrected chi connectivity index (χ1v) is 6.01. The van der Waals surface area contributed by atoms with Gasteiger partial charge in [-0.3, -0.25) is 0 Å². The van der Waals surface area contributed by atoms with Crippen molar-refractivity contribution in [1.82, 2.24) is 5.32 Å². The van der Waals surface area contributed by atoms with Gasteiger partial charge in [0.25, 0.3) is 0 Å². The normalized spacial score (nSPS) is 15.9. The van der Waals surface area contributed by atoms with E-state index in [1.165, 1.54) is 35.0 Å². The summed E-state index contributed by atoms with van der Waals surface area (Å²) < 4.78 is 1.21. The third-order valence-corrected chi connectivity index (χ3v) is 3.55. The maximum absolute atomic E-state index is 3.55. The molecule has 0 aliphatic heterocycles. The Morgan fingerprint density at radius 3 is 2.86 bits per heavy atom. The molecule has 0 amide bonds. The lowest BCUT2D eigenvalue weighted by Crippen LogP contribution is -2.16. The van der Waals surface area contributed by atoms with Gasteiger partial charge in [0, 0.05) is 11.0 Å². The quantitative estimate of drug-likeness (QED) is 0.869. The van der Waals surface area contributed by atoms with Gasteiger partial charge < -0.3 is 5.32 Å². The van der Waals surface area contributed by atoms with Crippen LogP contribution >= 0.6 is 15.9 Å². The molecule has 1 aromatic carbocycles. The largest absolute Gasteiger partial charge is 0.312 e. The first-order valence-electron chi connectivity index (χ1n) is 5.21. The summed E-state index contributed by atoms with van der Waals surface area (Å²) in [5.74, 6) is 0.962. The van der Waals surface area contributed by atoms with Crippen LogP contribution < -0.4 is 5.32 Å². The van der Waals surface area contributed by atoms with E-state index in [2.05, 4.69) is 46.4 Å². The Kier molecular flexibility index (Phi) is 3.24. The van der Waals surface area contributed by atoms with Gasteiger partial charge in [-0.1, -0.05) is 28.1 Å². The summed E-state index contributed by atoms with van der Waals surface area (Å²) in [7, 11) is 0. The smallest absolute Gasteiger partial charge is 0.0207 e. The van der Waals surface area contributed by atoms with E-state index in [0.29, 0.717) is 0 Å². The van der Waals surface area contributed by atoms with Gasteiger partial charge in [-0.05, 0) is 49.4 Å². The van der Waals surface area contributed by atoms with Crippen molar-refractivity contribution in [3.8, 4) is 0 Å². The Morgan fingerprint density at radius 1 is 1.43 bits per heavy atom. The van der Waals surface area contributed by atoms with Crippen LogP contribution in [0.25, 0.3) is 0 Å². The van der Waals surface area contributed by atoms with E-state index in [0.717, 1.165) is 12.5 Å². The second-order valence-corrected chi connectivity index (χ2v) is 5.01. The van der Waals surface area contributed by atoms with Gasteiger partial charge >= 0.3 is 0 Å². The molecule has 0 bridgehead atoms. The molecule has 14 heavy (non-hydrogen) atoms. The van der Waals surface area contributed by atoms with Gasteiger partial charge in [0.2, 0.25) is 0 Å². The number of hydrogen-bond acceptors (Lipinski definition) is 1. The molecule has 1 fully saturated rings. The second-order valence-electron chi connectivity index (χ2n) is 4.16. The van der Waals surface area contributed by atoms with Gasteiger partial charge in [-0.15, -0.1) is 0 Å². The summed E-state index contributed by atoms with van der Waals surface area (Å²) in [6.45, 7) is 4.30. The third kappa shape index (κ3) is 2.82.